The number of rotatable bonds is 5. The molecule has 0 spiro atoms. The highest BCUT2D eigenvalue weighted by Crippen LogP contribution is 2.17. The Balaban J connectivity index is 2.98. The van der Waals surface area contributed by atoms with Crippen molar-refractivity contribution in [1.82, 2.24) is 15.0 Å². The minimum atomic E-state index is -3.89. The second-order valence-corrected chi connectivity index (χ2v) is 6.48. The van der Waals surface area contributed by atoms with Crippen molar-refractivity contribution in [2.75, 3.05) is 13.6 Å². The average molecular weight is 296 g/mol. The third-order valence-electron chi connectivity index (χ3n) is 2.71. The van der Waals surface area contributed by atoms with E-state index in [0.29, 0.717) is 0 Å². The first-order chi connectivity index (χ1) is 9.24. The van der Waals surface area contributed by atoms with Gasteiger partial charge in [-0.15, -0.1) is 0 Å². The summed E-state index contributed by atoms with van der Waals surface area (Å²) in [5.74, 6) is -0.285. The van der Waals surface area contributed by atoms with Crippen molar-refractivity contribution in [3.63, 3.8) is 0 Å². The van der Waals surface area contributed by atoms with Gasteiger partial charge in [-0.2, -0.15) is 5.26 Å². The Morgan fingerprint density at radius 2 is 2.15 bits per heavy atom. The molecule has 0 aliphatic rings. The molecule has 0 unspecified atom stereocenters. The van der Waals surface area contributed by atoms with Crippen molar-refractivity contribution in [1.29, 1.82) is 5.26 Å². The molecule has 0 aliphatic carbocycles. The first kappa shape index (κ1) is 16.1. The maximum absolute atomic E-state index is 12.1. The van der Waals surface area contributed by atoms with E-state index in [1.165, 1.54) is 25.4 Å². The number of carbonyl (C=O) groups is 1. The van der Waals surface area contributed by atoms with E-state index in [0.717, 1.165) is 0 Å². The Bertz CT molecular complexity index is 647. The van der Waals surface area contributed by atoms with E-state index >= 15 is 0 Å². The molecular formula is C12H16N4O3S. The van der Waals surface area contributed by atoms with Gasteiger partial charge in [0.1, 0.15) is 11.0 Å². The number of sulfonamides is 1. The Labute approximate surface area is 118 Å². The lowest BCUT2D eigenvalue weighted by Gasteiger charge is -2.22. The Morgan fingerprint density at radius 3 is 2.70 bits per heavy atom. The van der Waals surface area contributed by atoms with Gasteiger partial charge in [-0.1, -0.05) is 0 Å². The highest BCUT2D eigenvalue weighted by Gasteiger charge is 2.29. The normalized spacial score (nSPS) is 11.7. The number of hydrogen-bond donors (Lipinski definition) is 2. The SMILES string of the molecule is CNC(=O)C(C)(C)CNS(=O)(=O)c1cccnc1C#N. The molecule has 0 atom stereocenters. The lowest BCUT2D eigenvalue weighted by Crippen LogP contribution is -2.43. The summed E-state index contributed by atoms with van der Waals surface area (Å²) < 4.78 is 26.6. The number of nitrogens with zero attached hydrogens (tertiary/aromatic N) is 2. The van der Waals surface area contributed by atoms with Crippen molar-refractivity contribution in [3.05, 3.63) is 24.0 Å². The molecule has 20 heavy (non-hydrogen) atoms. The molecule has 0 radical (unpaired) electrons. The third-order valence-corrected chi connectivity index (χ3v) is 4.14. The summed E-state index contributed by atoms with van der Waals surface area (Å²) in [5.41, 5.74) is -1.09. The first-order valence-corrected chi connectivity index (χ1v) is 7.30. The van der Waals surface area contributed by atoms with Gasteiger partial charge in [0.25, 0.3) is 0 Å². The molecule has 1 aromatic rings. The summed E-state index contributed by atoms with van der Waals surface area (Å²) in [6.07, 6.45) is 1.34. The van der Waals surface area contributed by atoms with Crippen LogP contribution in [0.5, 0.6) is 0 Å². The van der Waals surface area contributed by atoms with Gasteiger partial charge in [0, 0.05) is 19.8 Å². The van der Waals surface area contributed by atoms with Crippen LogP contribution in [0.2, 0.25) is 0 Å². The third kappa shape index (κ3) is 3.53. The topological polar surface area (TPSA) is 112 Å². The zero-order chi connectivity index (χ0) is 15.4. The quantitative estimate of drug-likeness (QED) is 0.794. The lowest BCUT2D eigenvalue weighted by atomic mass is 9.93. The molecule has 0 aromatic carbocycles. The number of nitrogens with one attached hydrogen (secondary N) is 2. The number of hydrogen-bond acceptors (Lipinski definition) is 5. The molecule has 108 valence electrons. The van der Waals surface area contributed by atoms with Gasteiger partial charge in [0.05, 0.1) is 5.41 Å². The summed E-state index contributed by atoms with van der Waals surface area (Å²) in [6, 6.07) is 4.45. The van der Waals surface area contributed by atoms with Crippen LogP contribution in [0.4, 0.5) is 0 Å². The maximum Gasteiger partial charge on any atom is 0.243 e. The average Bonchev–Trinajstić information content (AvgIpc) is 2.44. The van der Waals surface area contributed by atoms with E-state index in [4.69, 9.17) is 5.26 Å². The van der Waals surface area contributed by atoms with Crippen molar-refractivity contribution in [2.24, 2.45) is 5.41 Å². The molecule has 0 aliphatic heterocycles. The summed E-state index contributed by atoms with van der Waals surface area (Å²) in [6.45, 7) is 3.14. The molecule has 1 heterocycles. The molecule has 0 fully saturated rings. The van der Waals surface area contributed by atoms with E-state index in [2.05, 4.69) is 15.0 Å². The van der Waals surface area contributed by atoms with Crippen LogP contribution in [0.1, 0.15) is 19.5 Å². The van der Waals surface area contributed by atoms with Crippen molar-refractivity contribution in [3.8, 4) is 6.07 Å². The first-order valence-electron chi connectivity index (χ1n) is 5.81. The molecule has 1 rings (SSSR count). The zero-order valence-corrected chi connectivity index (χ0v) is 12.3. The van der Waals surface area contributed by atoms with Crippen molar-refractivity contribution in [2.45, 2.75) is 18.7 Å². The standard InChI is InChI=1S/C12H16N4O3S/c1-12(2,11(17)14-3)8-16-20(18,19)10-5-4-6-15-9(10)7-13/h4-6,16H,8H2,1-3H3,(H,14,17). The van der Waals surface area contributed by atoms with Crippen LogP contribution in [0, 0.1) is 16.7 Å². The van der Waals surface area contributed by atoms with Crippen LogP contribution >= 0.6 is 0 Å². The fourth-order valence-electron chi connectivity index (χ4n) is 1.46. The number of carbonyl (C=O) groups excluding carboxylic acids is 1. The maximum atomic E-state index is 12.1. The second-order valence-electron chi connectivity index (χ2n) is 4.75. The van der Waals surface area contributed by atoms with Crippen molar-refractivity contribution < 1.29 is 13.2 Å². The van der Waals surface area contributed by atoms with Crippen LogP contribution in [0.15, 0.2) is 23.2 Å². The van der Waals surface area contributed by atoms with Crippen LogP contribution in [0.3, 0.4) is 0 Å². The predicted octanol–water partition coefficient (Wildman–Crippen LogP) is 0.00378. The minimum absolute atomic E-state index is 0.0885. The summed E-state index contributed by atoms with van der Waals surface area (Å²) in [5, 5.41) is 11.3. The molecule has 0 saturated heterocycles. The second kappa shape index (κ2) is 5.98. The van der Waals surface area contributed by atoms with Crippen LogP contribution in [0.25, 0.3) is 0 Å². The lowest BCUT2D eigenvalue weighted by molar-refractivity contribution is -0.128. The van der Waals surface area contributed by atoms with Crippen LogP contribution in [-0.2, 0) is 14.8 Å². The Kier molecular flexibility index (Phi) is 4.81. The highest BCUT2D eigenvalue weighted by molar-refractivity contribution is 7.89. The van der Waals surface area contributed by atoms with Gasteiger partial charge in [-0.3, -0.25) is 4.79 Å². The van der Waals surface area contributed by atoms with Gasteiger partial charge in [0.15, 0.2) is 5.69 Å². The fourth-order valence-corrected chi connectivity index (χ4v) is 2.78. The molecule has 8 heteroatoms. The summed E-state index contributed by atoms with van der Waals surface area (Å²) in [7, 11) is -2.41. The molecule has 1 amide bonds. The number of pyridine rings is 1. The summed E-state index contributed by atoms with van der Waals surface area (Å²) in [4.78, 5) is 15.1. The molecule has 0 saturated carbocycles. The predicted molar refractivity (Wildman–Crippen MR) is 72.0 cm³/mol. The Morgan fingerprint density at radius 1 is 1.50 bits per heavy atom. The fraction of sp³-hybridized carbons (Fsp3) is 0.417. The molecule has 2 N–H and O–H groups in total. The monoisotopic (exact) mass is 296 g/mol. The highest BCUT2D eigenvalue weighted by atomic mass is 32.2. The number of aromatic nitrogens is 1. The van der Waals surface area contributed by atoms with Gasteiger partial charge < -0.3 is 5.32 Å². The molecular weight excluding hydrogens is 280 g/mol. The molecule has 0 bridgehead atoms. The Hall–Kier alpha value is -1.98. The van der Waals surface area contributed by atoms with Gasteiger partial charge in [-0.25, -0.2) is 18.1 Å². The van der Waals surface area contributed by atoms with Crippen molar-refractivity contribution >= 4 is 15.9 Å². The van der Waals surface area contributed by atoms with Crippen LogP contribution < -0.4 is 10.0 Å². The van der Waals surface area contributed by atoms with E-state index in [1.54, 1.807) is 19.9 Å². The van der Waals surface area contributed by atoms with E-state index < -0.39 is 15.4 Å². The smallest absolute Gasteiger partial charge is 0.243 e. The van der Waals surface area contributed by atoms with E-state index in [1.807, 2.05) is 0 Å². The van der Waals surface area contributed by atoms with E-state index in [9.17, 15) is 13.2 Å². The van der Waals surface area contributed by atoms with Crippen LogP contribution in [-0.4, -0.2) is 32.9 Å². The van der Waals surface area contributed by atoms with Gasteiger partial charge in [0.2, 0.25) is 15.9 Å². The zero-order valence-electron chi connectivity index (χ0n) is 11.5. The number of amides is 1. The van der Waals surface area contributed by atoms with Gasteiger partial charge >= 0.3 is 0 Å². The van der Waals surface area contributed by atoms with Gasteiger partial charge in [-0.05, 0) is 26.0 Å². The summed E-state index contributed by atoms with van der Waals surface area (Å²) >= 11 is 0. The number of nitriles is 1. The molecule has 7 nitrogen and oxygen atoms in total. The molecule has 1 aromatic heterocycles. The van der Waals surface area contributed by atoms with E-state index in [-0.39, 0.29) is 23.0 Å². The largest absolute Gasteiger partial charge is 0.359 e. The minimum Gasteiger partial charge on any atom is -0.359 e.